The zero-order valence-electron chi connectivity index (χ0n) is 13.3. The SMILES string of the molecule is CC(C)[C@H](C)NC(=O)COC(=O)c1cc2ccccc2oc1=O. The molecule has 0 saturated carbocycles. The van der Waals surface area contributed by atoms with Crippen molar-refractivity contribution in [2.75, 3.05) is 6.61 Å². The number of ether oxygens (including phenoxy) is 1. The molecule has 1 aromatic heterocycles. The molecule has 1 atom stereocenters. The highest BCUT2D eigenvalue weighted by atomic mass is 16.5. The quantitative estimate of drug-likeness (QED) is 0.674. The van der Waals surface area contributed by atoms with E-state index in [2.05, 4.69) is 5.32 Å². The Labute approximate surface area is 133 Å². The minimum atomic E-state index is -0.878. The van der Waals surface area contributed by atoms with Crippen LogP contribution in [0.5, 0.6) is 0 Å². The van der Waals surface area contributed by atoms with Gasteiger partial charge in [-0.05, 0) is 25.0 Å². The predicted molar refractivity (Wildman–Crippen MR) is 85.2 cm³/mol. The Bertz CT molecular complexity index is 778. The summed E-state index contributed by atoms with van der Waals surface area (Å²) in [7, 11) is 0. The molecular weight excluding hydrogens is 298 g/mol. The van der Waals surface area contributed by atoms with Crippen LogP contribution in [0, 0.1) is 5.92 Å². The fourth-order valence-corrected chi connectivity index (χ4v) is 1.88. The maximum Gasteiger partial charge on any atom is 0.351 e. The van der Waals surface area contributed by atoms with Gasteiger partial charge >= 0.3 is 11.6 Å². The Morgan fingerprint density at radius 2 is 1.91 bits per heavy atom. The minimum absolute atomic E-state index is 0.0352. The summed E-state index contributed by atoms with van der Waals surface area (Å²) in [5, 5.41) is 3.32. The van der Waals surface area contributed by atoms with Gasteiger partial charge in [-0.3, -0.25) is 4.79 Å². The smallest absolute Gasteiger partial charge is 0.351 e. The molecule has 2 aromatic rings. The van der Waals surface area contributed by atoms with Gasteiger partial charge in [0.1, 0.15) is 11.1 Å². The first kappa shape index (κ1) is 16.7. The molecule has 0 aliphatic rings. The van der Waals surface area contributed by atoms with E-state index in [1.165, 1.54) is 6.07 Å². The molecule has 1 aromatic carbocycles. The van der Waals surface area contributed by atoms with Crippen molar-refractivity contribution >= 4 is 22.8 Å². The van der Waals surface area contributed by atoms with Crippen LogP contribution in [-0.2, 0) is 9.53 Å². The van der Waals surface area contributed by atoms with Crippen LogP contribution in [0.1, 0.15) is 31.1 Å². The average Bonchev–Trinajstić information content (AvgIpc) is 2.51. The Morgan fingerprint density at radius 3 is 2.61 bits per heavy atom. The van der Waals surface area contributed by atoms with Crippen molar-refractivity contribution < 1.29 is 18.7 Å². The van der Waals surface area contributed by atoms with E-state index in [9.17, 15) is 14.4 Å². The predicted octanol–water partition coefficient (Wildman–Crippen LogP) is 2.11. The van der Waals surface area contributed by atoms with E-state index in [1.54, 1.807) is 24.3 Å². The molecule has 0 bridgehead atoms. The van der Waals surface area contributed by atoms with E-state index in [4.69, 9.17) is 9.15 Å². The molecule has 0 aliphatic carbocycles. The third kappa shape index (κ3) is 4.18. The highest BCUT2D eigenvalue weighted by Crippen LogP contribution is 2.13. The summed E-state index contributed by atoms with van der Waals surface area (Å²) < 4.78 is 9.95. The highest BCUT2D eigenvalue weighted by Gasteiger charge is 2.17. The third-order valence-electron chi connectivity index (χ3n) is 3.58. The van der Waals surface area contributed by atoms with Crippen LogP contribution in [0.3, 0.4) is 0 Å². The number of hydrogen-bond donors (Lipinski definition) is 1. The van der Waals surface area contributed by atoms with E-state index >= 15 is 0 Å². The molecule has 1 amide bonds. The number of para-hydroxylation sites is 1. The lowest BCUT2D eigenvalue weighted by atomic mass is 10.1. The molecule has 1 N–H and O–H groups in total. The summed E-state index contributed by atoms with van der Waals surface area (Å²) in [5.74, 6) is -1.02. The zero-order valence-corrected chi connectivity index (χ0v) is 13.3. The number of hydrogen-bond acceptors (Lipinski definition) is 5. The lowest BCUT2D eigenvalue weighted by molar-refractivity contribution is -0.125. The normalized spacial score (nSPS) is 12.2. The van der Waals surface area contributed by atoms with Crippen LogP contribution in [-0.4, -0.2) is 24.5 Å². The molecule has 0 saturated heterocycles. The molecule has 2 rings (SSSR count). The maximum absolute atomic E-state index is 12.0. The van der Waals surface area contributed by atoms with Crippen LogP contribution < -0.4 is 10.9 Å². The molecule has 0 fully saturated rings. The first-order chi connectivity index (χ1) is 10.9. The van der Waals surface area contributed by atoms with Gasteiger partial charge in [0.15, 0.2) is 6.61 Å². The summed E-state index contributed by atoms with van der Waals surface area (Å²) >= 11 is 0. The van der Waals surface area contributed by atoms with E-state index in [0.29, 0.717) is 11.0 Å². The first-order valence-corrected chi connectivity index (χ1v) is 7.38. The van der Waals surface area contributed by atoms with E-state index in [0.717, 1.165) is 0 Å². The standard InChI is InChI=1S/C17H19NO5/c1-10(2)11(3)18-15(19)9-22-16(20)13-8-12-6-4-5-7-14(12)23-17(13)21/h4-8,10-11H,9H2,1-3H3,(H,18,19)/t11-/m0/s1. The second-order valence-corrected chi connectivity index (χ2v) is 5.66. The van der Waals surface area contributed by atoms with Gasteiger partial charge in [0, 0.05) is 11.4 Å². The molecule has 6 nitrogen and oxygen atoms in total. The van der Waals surface area contributed by atoms with Crippen molar-refractivity contribution in [2.24, 2.45) is 5.92 Å². The number of carbonyl (C=O) groups is 2. The van der Waals surface area contributed by atoms with E-state index in [-0.39, 0.29) is 17.5 Å². The summed E-state index contributed by atoms with van der Waals surface area (Å²) in [6.45, 7) is 5.36. The van der Waals surface area contributed by atoms with Crippen LogP contribution >= 0.6 is 0 Å². The topological polar surface area (TPSA) is 85.6 Å². The molecule has 6 heteroatoms. The van der Waals surface area contributed by atoms with Gasteiger partial charge in [-0.25, -0.2) is 9.59 Å². The summed E-state index contributed by atoms with van der Waals surface area (Å²) in [4.78, 5) is 35.5. The number of esters is 1. The first-order valence-electron chi connectivity index (χ1n) is 7.38. The molecule has 23 heavy (non-hydrogen) atoms. The fraction of sp³-hybridized carbons (Fsp3) is 0.353. The number of nitrogens with one attached hydrogen (secondary N) is 1. The third-order valence-corrected chi connectivity index (χ3v) is 3.58. The van der Waals surface area contributed by atoms with Gasteiger partial charge in [0.05, 0.1) is 0 Å². The van der Waals surface area contributed by atoms with Gasteiger partial charge < -0.3 is 14.5 Å². The molecular formula is C17H19NO5. The molecule has 1 heterocycles. The maximum atomic E-state index is 12.0. The monoisotopic (exact) mass is 317 g/mol. The lowest BCUT2D eigenvalue weighted by Crippen LogP contribution is -2.38. The van der Waals surface area contributed by atoms with Gasteiger partial charge in [-0.15, -0.1) is 0 Å². The zero-order chi connectivity index (χ0) is 17.0. The number of benzene rings is 1. The lowest BCUT2D eigenvalue weighted by Gasteiger charge is -2.17. The Morgan fingerprint density at radius 1 is 1.22 bits per heavy atom. The molecule has 0 unspecified atom stereocenters. The number of fused-ring (bicyclic) bond motifs is 1. The van der Waals surface area contributed by atoms with Crippen molar-refractivity contribution in [3.63, 3.8) is 0 Å². The summed E-state index contributed by atoms with van der Waals surface area (Å²) in [6.07, 6.45) is 0. The molecule has 0 aliphatic heterocycles. The van der Waals surface area contributed by atoms with Crippen molar-refractivity contribution in [1.29, 1.82) is 0 Å². The summed E-state index contributed by atoms with van der Waals surface area (Å²) in [6, 6.07) is 8.20. The largest absolute Gasteiger partial charge is 0.452 e. The number of carbonyl (C=O) groups excluding carboxylic acids is 2. The van der Waals surface area contributed by atoms with Crippen molar-refractivity contribution in [3.05, 3.63) is 46.3 Å². The second-order valence-electron chi connectivity index (χ2n) is 5.66. The number of amides is 1. The molecule has 0 spiro atoms. The molecule has 122 valence electrons. The van der Waals surface area contributed by atoms with Crippen LogP contribution in [0.25, 0.3) is 11.0 Å². The van der Waals surface area contributed by atoms with Gasteiger partial charge in [-0.1, -0.05) is 32.0 Å². The van der Waals surface area contributed by atoms with Crippen LogP contribution in [0.15, 0.2) is 39.5 Å². The molecule has 0 radical (unpaired) electrons. The fourth-order valence-electron chi connectivity index (χ4n) is 1.88. The van der Waals surface area contributed by atoms with E-state index < -0.39 is 24.1 Å². The van der Waals surface area contributed by atoms with E-state index in [1.807, 2.05) is 20.8 Å². The van der Waals surface area contributed by atoms with Crippen molar-refractivity contribution in [2.45, 2.75) is 26.8 Å². The Hall–Kier alpha value is -2.63. The Balaban J connectivity index is 2.05. The number of rotatable bonds is 5. The van der Waals surface area contributed by atoms with Crippen molar-refractivity contribution in [3.8, 4) is 0 Å². The van der Waals surface area contributed by atoms with Crippen LogP contribution in [0.2, 0.25) is 0 Å². The second kappa shape index (κ2) is 7.09. The average molecular weight is 317 g/mol. The van der Waals surface area contributed by atoms with Gasteiger partial charge in [0.25, 0.3) is 5.91 Å². The Kier molecular flexibility index (Phi) is 5.16. The van der Waals surface area contributed by atoms with Crippen molar-refractivity contribution in [1.82, 2.24) is 5.32 Å². The summed E-state index contributed by atoms with van der Waals surface area (Å²) in [5.41, 5.74) is -0.629. The highest BCUT2D eigenvalue weighted by molar-refractivity contribution is 5.94. The minimum Gasteiger partial charge on any atom is -0.452 e. The van der Waals surface area contributed by atoms with Gasteiger partial charge in [-0.2, -0.15) is 0 Å². The van der Waals surface area contributed by atoms with Crippen LogP contribution in [0.4, 0.5) is 0 Å². The van der Waals surface area contributed by atoms with Gasteiger partial charge in [0.2, 0.25) is 0 Å².